The molecule has 0 bridgehead atoms. The van der Waals surface area contributed by atoms with Crippen LogP contribution < -0.4 is 10.6 Å². The molecule has 2 N–H and O–H groups in total. The van der Waals surface area contributed by atoms with Gasteiger partial charge >= 0.3 is 0 Å². The van der Waals surface area contributed by atoms with E-state index in [2.05, 4.69) is 17.6 Å². The molecule has 3 nitrogen and oxygen atoms in total. The average Bonchev–Trinajstić information content (AvgIpc) is 3.23. The summed E-state index contributed by atoms with van der Waals surface area (Å²) in [6.45, 7) is 3.20. The lowest BCUT2D eigenvalue weighted by Gasteiger charge is -2.08. The Bertz CT molecular complexity index is 413. The van der Waals surface area contributed by atoms with E-state index >= 15 is 0 Å². The Morgan fingerprint density at radius 2 is 2.11 bits per heavy atom. The number of amides is 1. The topological polar surface area (TPSA) is 41.1 Å². The molecule has 3 heteroatoms. The predicted molar refractivity (Wildman–Crippen MR) is 79.6 cm³/mol. The Labute approximate surface area is 115 Å². The van der Waals surface area contributed by atoms with Gasteiger partial charge in [-0.3, -0.25) is 4.79 Å². The molecule has 0 aliphatic heterocycles. The number of nitrogens with one attached hydrogen (secondary N) is 2. The molecule has 104 valence electrons. The van der Waals surface area contributed by atoms with Crippen LogP contribution in [0.3, 0.4) is 0 Å². The Kier molecular flexibility index (Phi) is 5.25. The van der Waals surface area contributed by atoms with Crippen LogP contribution in [0.25, 0.3) is 0 Å². The summed E-state index contributed by atoms with van der Waals surface area (Å²) in [6, 6.07) is 8.19. The quantitative estimate of drug-likeness (QED) is 0.702. The van der Waals surface area contributed by atoms with E-state index < -0.39 is 0 Å². The zero-order valence-electron chi connectivity index (χ0n) is 11.7. The van der Waals surface area contributed by atoms with Gasteiger partial charge in [0.2, 0.25) is 0 Å². The molecule has 1 fully saturated rings. The minimum Gasteiger partial charge on any atom is -0.385 e. The molecule has 0 heterocycles. The van der Waals surface area contributed by atoms with E-state index in [1.54, 1.807) is 0 Å². The van der Waals surface area contributed by atoms with Crippen molar-refractivity contribution in [3.05, 3.63) is 29.8 Å². The van der Waals surface area contributed by atoms with Crippen molar-refractivity contribution in [3.63, 3.8) is 0 Å². The van der Waals surface area contributed by atoms with Gasteiger partial charge in [0.15, 0.2) is 0 Å². The first-order valence-electron chi connectivity index (χ1n) is 7.44. The monoisotopic (exact) mass is 260 g/mol. The summed E-state index contributed by atoms with van der Waals surface area (Å²) in [6.07, 6.45) is 7.27. The summed E-state index contributed by atoms with van der Waals surface area (Å²) in [7, 11) is 0. The van der Waals surface area contributed by atoms with Gasteiger partial charge < -0.3 is 10.6 Å². The number of carbonyl (C=O) groups is 1. The molecule has 2 rings (SSSR count). The van der Waals surface area contributed by atoms with Crippen LogP contribution in [-0.4, -0.2) is 18.5 Å². The molecule has 1 amide bonds. The zero-order valence-corrected chi connectivity index (χ0v) is 11.7. The molecule has 1 aliphatic carbocycles. The first kappa shape index (κ1) is 13.9. The van der Waals surface area contributed by atoms with Gasteiger partial charge in [-0.2, -0.15) is 0 Å². The standard InChI is InChI=1S/C16H24N2O/c1-2-3-4-5-11-17-15-8-6-7-13(12-15)16(19)18-14-9-10-14/h6-8,12,14,17H,2-5,9-11H2,1H3,(H,18,19). The van der Waals surface area contributed by atoms with Crippen molar-refractivity contribution in [1.82, 2.24) is 5.32 Å². The highest BCUT2D eigenvalue weighted by Crippen LogP contribution is 2.20. The maximum absolute atomic E-state index is 11.9. The minimum atomic E-state index is 0.0529. The van der Waals surface area contributed by atoms with Crippen LogP contribution in [0.2, 0.25) is 0 Å². The zero-order chi connectivity index (χ0) is 13.5. The van der Waals surface area contributed by atoms with Crippen LogP contribution >= 0.6 is 0 Å². The lowest BCUT2D eigenvalue weighted by Crippen LogP contribution is -2.25. The number of hydrogen-bond acceptors (Lipinski definition) is 2. The summed E-state index contributed by atoms with van der Waals surface area (Å²) in [4.78, 5) is 11.9. The molecule has 1 aromatic rings. The van der Waals surface area contributed by atoms with Crippen molar-refractivity contribution < 1.29 is 4.79 Å². The molecule has 1 saturated carbocycles. The Hall–Kier alpha value is -1.51. The van der Waals surface area contributed by atoms with Crippen molar-refractivity contribution in [1.29, 1.82) is 0 Å². The summed E-state index contributed by atoms with van der Waals surface area (Å²) < 4.78 is 0. The van der Waals surface area contributed by atoms with Gasteiger partial charge in [0, 0.05) is 23.8 Å². The van der Waals surface area contributed by atoms with E-state index in [4.69, 9.17) is 0 Å². The molecule has 0 radical (unpaired) electrons. The molecule has 0 unspecified atom stereocenters. The smallest absolute Gasteiger partial charge is 0.251 e. The largest absolute Gasteiger partial charge is 0.385 e. The molecule has 0 atom stereocenters. The van der Waals surface area contributed by atoms with Gasteiger partial charge in [-0.1, -0.05) is 32.3 Å². The van der Waals surface area contributed by atoms with Crippen LogP contribution in [0, 0.1) is 0 Å². The van der Waals surface area contributed by atoms with Crippen molar-refractivity contribution in [2.45, 2.75) is 51.5 Å². The van der Waals surface area contributed by atoms with E-state index in [0.29, 0.717) is 6.04 Å². The van der Waals surface area contributed by atoms with Crippen molar-refractivity contribution >= 4 is 11.6 Å². The third-order valence-corrected chi connectivity index (χ3v) is 3.40. The number of hydrogen-bond donors (Lipinski definition) is 2. The van der Waals surface area contributed by atoms with Crippen molar-refractivity contribution in [3.8, 4) is 0 Å². The summed E-state index contributed by atoms with van der Waals surface area (Å²) in [5, 5.41) is 6.40. The van der Waals surface area contributed by atoms with E-state index in [1.165, 1.54) is 25.7 Å². The molecule has 0 saturated heterocycles. The van der Waals surface area contributed by atoms with Crippen molar-refractivity contribution in [2.24, 2.45) is 0 Å². The summed E-state index contributed by atoms with van der Waals surface area (Å²) in [5.41, 5.74) is 1.80. The minimum absolute atomic E-state index is 0.0529. The number of unbranched alkanes of at least 4 members (excludes halogenated alkanes) is 3. The summed E-state index contributed by atoms with van der Waals surface area (Å²) in [5.74, 6) is 0.0529. The van der Waals surface area contributed by atoms with Crippen LogP contribution in [0.4, 0.5) is 5.69 Å². The molecule has 1 aromatic carbocycles. The fourth-order valence-electron chi connectivity index (χ4n) is 2.05. The fraction of sp³-hybridized carbons (Fsp3) is 0.562. The highest BCUT2D eigenvalue weighted by molar-refractivity contribution is 5.95. The Morgan fingerprint density at radius 3 is 2.84 bits per heavy atom. The van der Waals surface area contributed by atoms with Gasteiger partial charge in [-0.15, -0.1) is 0 Å². The third-order valence-electron chi connectivity index (χ3n) is 3.40. The SMILES string of the molecule is CCCCCCNc1cccc(C(=O)NC2CC2)c1. The average molecular weight is 260 g/mol. The Morgan fingerprint density at radius 1 is 1.26 bits per heavy atom. The number of carbonyl (C=O) groups excluding carboxylic acids is 1. The van der Waals surface area contributed by atoms with E-state index in [0.717, 1.165) is 30.6 Å². The molecular weight excluding hydrogens is 236 g/mol. The van der Waals surface area contributed by atoms with E-state index in [1.807, 2.05) is 24.3 Å². The van der Waals surface area contributed by atoms with Crippen molar-refractivity contribution in [2.75, 3.05) is 11.9 Å². The third kappa shape index (κ3) is 4.93. The molecule has 1 aliphatic rings. The molecule has 0 spiro atoms. The lowest BCUT2D eigenvalue weighted by molar-refractivity contribution is 0.0951. The van der Waals surface area contributed by atoms with Gasteiger partial charge in [0.05, 0.1) is 0 Å². The second kappa shape index (κ2) is 7.17. The fourth-order valence-corrected chi connectivity index (χ4v) is 2.05. The van der Waals surface area contributed by atoms with E-state index in [-0.39, 0.29) is 5.91 Å². The normalized spacial score (nSPS) is 14.2. The van der Waals surface area contributed by atoms with Gasteiger partial charge in [0.1, 0.15) is 0 Å². The molecule has 19 heavy (non-hydrogen) atoms. The van der Waals surface area contributed by atoms with Gasteiger partial charge in [-0.25, -0.2) is 0 Å². The Balaban J connectivity index is 1.78. The second-order valence-corrected chi connectivity index (χ2v) is 5.32. The molecular formula is C16H24N2O. The number of benzene rings is 1. The lowest BCUT2D eigenvalue weighted by atomic mass is 10.1. The first-order chi connectivity index (χ1) is 9.29. The first-order valence-corrected chi connectivity index (χ1v) is 7.44. The van der Waals surface area contributed by atoms with E-state index in [9.17, 15) is 4.79 Å². The van der Waals surface area contributed by atoms with Crippen LogP contribution in [0.15, 0.2) is 24.3 Å². The number of anilines is 1. The predicted octanol–water partition coefficient (Wildman–Crippen LogP) is 3.57. The maximum atomic E-state index is 11.9. The molecule has 0 aromatic heterocycles. The van der Waals surface area contributed by atoms with Crippen LogP contribution in [-0.2, 0) is 0 Å². The van der Waals surface area contributed by atoms with Crippen LogP contribution in [0.1, 0.15) is 55.8 Å². The highest BCUT2D eigenvalue weighted by Gasteiger charge is 2.23. The van der Waals surface area contributed by atoms with Gasteiger partial charge in [-0.05, 0) is 37.5 Å². The maximum Gasteiger partial charge on any atom is 0.251 e. The summed E-state index contributed by atoms with van der Waals surface area (Å²) >= 11 is 0. The van der Waals surface area contributed by atoms with Gasteiger partial charge in [0.25, 0.3) is 5.91 Å². The number of rotatable bonds is 8. The second-order valence-electron chi connectivity index (χ2n) is 5.32. The highest BCUT2D eigenvalue weighted by atomic mass is 16.1. The van der Waals surface area contributed by atoms with Crippen LogP contribution in [0.5, 0.6) is 0 Å².